The van der Waals surface area contributed by atoms with Gasteiger partial charge in [0.25, 0.3) is 0 Å². The van der Waals surface area contributed by atoms with Gasteiger partial charge in [0, 0.05) is 21.9 Å². The van der Waals surface area contributed by atoms with Gasteiger partial charge >= 0.3 is 0 Å². The van der Waals surface area contributed by atoms with Gasteiger partial charge in [0.1, 0.15) is 6.04 Å². The van der Waals surface area contributed by atoms with Crippen LogP contribution in [0.25, 0.3) is 27.9 Å². The third-order valence-electron chi connectivity index (χ3n) is 4.49. The normalized spacial score (nSPS) is 16.4. The summed E-state index contributed by atoms with van der Waals surface area (Å²) in [6, 6.07) is 20.9. The summed E-state index contributed by atoms with van der Waals surface area (Å²) < 4.78 is 0. The number of nitrogens with one attached hydrogen (secondary N) is 2. The number of hydrogen-bond donors (Lipinski definition) is 2. The van der Waals surface area contributed by atoms with Crippen molar-refractivity contribution in [2.45, 2.75) is 6.04 Å². The van der Waals surface area contributed by atoms with Crippen molar-refractivity contribution in [3.05, 3.63) is 83.8 Å². The summed E-state index contributed by atoms with van der Waals surface area (Å²) in [6.45, 7) is 0. The Bertz CT molecular complexity index is 1060. The summed E-state index contributed by atoms with van der Waals surface area (Å²) >= 11 is 0. The molecule has 0 aliphatic carbocycles. The number of H-pyrrole nitrogens is 1. The zero-order valence-corrected chi connectivity index (χ0v) is 12.5. The van der Waals surface area contributed by atoms with E-state index in [1.807, 2.05) is 18.3 Å². The van der Waals surface area contributed by atoms with Crippen LogP contribution in [0.2, 0.25) is 0 Å². The third-order valence-corrected chi connectivity index (χ3v) is 4.49. The second-order valence-electron chi connectivity index (χ2n) is 5.86. The average Bonchev–Trinajstić information content (AvgIpc) is 3.00. The first-order valence-electron chi connectivity index (χ1n) is 7.79. The summed E-state index contributed by atoms with van der Waals surface area (Å²) in [5.41, 5.74) is 5.65. The van der Waals surface area contributed by atoms with Gasteiger partial charge in [0.15, 0.2) is 0 Å². The van der Waals surface area contributed by atoms with Crippen LogP contribution in [0.1, 0.15) is 23.0 Å². The van der Waals surface area contributed by atoms with Gasteiger partial charge in [0.05, 0.1) is 16.9 Å². The molecule has 1 aliphatic heterocycles. The van der Waals surface area contributed by atoms with Crippen LogP contribution in [0.3, 0.4) is 0 Å². The molecule has 0 bridgehead atoms. The molecule has 0 spiro atoms. The molecule has 3 heterocycles. The third kappa shape index (κ3) is 1.87. The average molecular weight is 297 g/mol. The lowest BCUT2D eigenvalue weighted by molar-refractivity contribution is 0.685. The molecule has 0 amide bonds. The molecule has 5 rings (SSSR count). The van der Waals surface area contributed by atoms with Gasteiger partial charge in [-0.05, 0) is 30.5 Å². The highest BCUT2D eigenvalue weighted by Gasteiger charge is 2.23. The Morgan fingerprint density at radius 2 is 1.74 bits per heavy atom. The summed E-state index contributed by atoms with van der Waals surface area (Å²) in [5, 5.41) is 5.86. The Balaban J connectivity index is 1.70. The maximum Gasteiger partial charge on any atom is 0.109 e. The topological polar surface area (TPSA) is 40.7 Å². The van der Waals surface area contributed by atoms with Crippen molar-refractivity contribution >= 4 is 27.9 Å². The fourth-order valence-corrected chi connectivity index (χ4v) is 3.38. The molecule has 0 saturated heterocycles. The number of nitrogens with zero attached hydrogens (tertiary/aromatic N) is 1. The number of para-hydroxylation sites is 2. The Kier molecular flexibility index (Phi) is 2.56. The molecular formula is C20H15N3. The van der Waals surface area contributed by atoms with Crippen molar-refractivity contribution in [3.63, 3.8) is 0 Å². The van der Waals surface area contributed by atoms with E-state index in [-0.39, 0.29) is 6.04 Å². The SMILES string of the molecule is C1=Cc2c([nH]c3ccccc23)C(c2ccc3ccccc3n2)N1. The van der Waals surface area contributed by atoms with Gasteiger partial charge < -0.3 is 10.3 Å². The van der Waals surface area contributed by atoms with Gasteiger partial charge in [-0.25, -0.2) is 0 Å². The number of hydrogen-bond acceptors (Lipinski definition) is 2. The van der Waals surface area contributed by atoms with Crippen LogP contribution in [0.5, 0.6) is 0 Å². The second kappa shape index (κ2) is 4.71. The Morgan fingerprint density at radius 3 is 2.74 bits per heavy atom. The predicted molar refractivity (Wildman–Crippen MR) is 94.1 cm³/mol. The number of fused-ring (bicyclic) bond motifs is 4. The van der Waals surface area contributed by atoms with E-state index in [1.165, 1.54) is 22.0 Å². The van der Waals surface area contributed by atoms with Gasteiger partial charge in [-0.2, -0.15) is 0 Å². The van der Waals surface area contributed by atoms with E-state index in [1.54, 1.807) is 0 Å². The highest BCUT2D eigenvalue weighted by atomic mass is 15.0. The highest BCUT2D eigenvalue weighted by molar-refractivity contribution is 5.91. The lowest BCUT2D eigenvalue weighted by Crippen LogP contribution is -2.21. The fraction of sp³-hybridized carbons (Fsp3) is 0.0500. The maximum absolute atomic E-state index is 4.85. The molecule has 1 unspecified atom stereocenters. The first-order valence-corrected chi connectivity index (χ1v) is 7.79. The van der Waals surface area contributed by atoms with Gasteiger partial charge in [-0.1, -0.05) is 42.5 Å². The Labute approximate surface area is 133 Å². The maximum atomic E-state index is 4.85. The molecule has 0 saturated carbocycles. The van der Waals surface area contributed by atoms with Crippen molar-refractivity contribution in [2.75, 3.05) is 0 Å². The van der Waals surface area contributed by atoms with Crippen molar-refractivity contribution in [1.29, 1.82) is 0 Å². The van der Waals surface area contributed by atoms with Crippen molar-refractivity contribution < 1.29 is 0 Å². The minimum absolute atomic E-state index is 0.0482. The smallest absolute Gasteiger partial charge is 0.109 e. The molecule has 0 fully saturated rings. The lowest BCUT2D eigenvalue weighted by Gasteiger charge is -2.21. The van der Waals surface area contributed by atoms with Crippen LogP contribution in [-0.2, 0) is 0 Å². The van der Waals surface area contributed by atoms with E-state index in [2.05, 4.69) is 64.9 Å². The molecule has 23 heavy (non-hydrogen) atoms. The van der Waals surface area contributed by atoms with Crippen LogP contribution in [0.4, 0.5) is 0 Å². The monoisotopic (exact) mass is 297 g/mol. The van der Waals surface area contributed by atoms with Crippen LogP contribution < -0.4 is 5.32 Å². The summed E-state index contributed by atoms with van der Waals surface area (Å²) in [6.07, 6.45) is 4.15. The molecule has 0 radical (unpaired) electrons. The molecule has 2 aromatic carbocycles. The van der Waals surface area contributed by atoms with Crippen LogP contribution in [0.15, 0.2) is 66.9 Å². The molecule has 3 heteroatoms. The first kappa shape index (κ1) is 12.5. The zero-order chi connectivity index (χ0) is 15.2. The van der Waals surface area contributed by atoms with Gasteiger partial charge in [-0.15, -0.1) is 0 Å². The fourth-order valence-electron chi connectivity index (χ4n) is 3.38. The van der Waals surface area contributed by atoms with E-state index >= 15 is 0 Å². The number of aromatic amines is 1. The minimum atomic E-state index is 0.0482. The quantitative estimate of drug-likeness (QED) is 0.547. The van der Waals surface area contributed by atoms with E-state index < -0.39 is 0 Å². The Morgan fingerprint density at radius 1 is 0.870 bits per heavy atom. The standard InChI is InChI=1S/C20H15N3/c1-3-7-16-13(5-1)9-10-18(22-16)20-19-15(11-12-21-20)14-6-2-4-8-17(14)23-19/h1-12,20-21,23H. The lowest BCUT2D eigenvalue weighted by atomic mass is 10.00. The van der Waals surface area contributed by atoms with Crippen molar-refractivity contribution in [1.82, 2.24) is 15.3 Å². The molecule has 110 valence electrons. The minimum Gasteiger partial charge on any atom is -0.378 e. The van der Waals surface area contributed by atoms with E-state index in [0.717, 1.165) is 16.7 Å². The van der Waals surface area contributed by atoms with E-state index in [0.29, 0.717) is 0 Å². The first-order chi connectivity index (χ1) is 11.4. The van der Waals surface area contributed by atoms with Gasteiger partial charge in [0.2, 0.25) is 0 Å². The number of benzene rings is 2. The predicted octanol–water partition coefficient (Wildman–Crippen LogP) is 4.38. The van der Waals surface area contributed by atoms with E-state index in [9.17, 15) is 0 Å². The number of pyridine rings is 1. The number of aromatic nitrogens is 2. The number of rotatable bonds is 1. The second-order valence-corrected chi connectivity index (χ2v) is 5.86. The summed E-state index contributed by atoms with van der Waals surface area (Å²) in [5.74, 6) is 0. The Hall–Kier alpha value is -3.07. The van der Waals surface area contributed by atoms with Crippen LogP contribution in [-0.4, -0.2) is 9.97 Å². The largest absolute Gasteiger partial charge is 0.378 e. The zero-order valence-electron chi connectivity index (χ0n) is 12.5. The van der Waals surface area contributed by atoms with Gasteiger partial charge in [-0.3, -0.25) is 4.98 Å². The molecule has 3 nitrogen and oxygen atoms in total. The molecule has 2 aromatic heterocycles. The molecular weight excluding hydrogens is 282 g/mol. The molecule has 1 aliphatic rings. The van der Waals surface area contributed by atoms with E-state index in [4.69, 9.17) is 4.98 Å². The van der Waals surface area contributed by atoms with Crippen molar-refractivity contribution in [2.24, 2.45) is 0 Å². The van der Waals surface area contributed by atoms with Crippen LogP contribution in [0, 0.1) is 0 Å². The molecule has 1 atom stereocenters. The van der Waals surface area contributed by atoms with Crippen LogP contribution >= 0.6 is 0 Å². The summed E-state index contributed by atoms with van der Waals surface area (Å²) in [7, 11) is 0. The van der Waals surface area contributed by atoms with Crippen molar-refractivity contribution in [3.8, 4) is 0 Å². The molecule has 4 aromatic rings. The highest BCUT2D eigenvalue weighted by Crippen LogP contribution is 2.33. The molecule has 2 N–H and O–H groups in total. The summed E-state index contributed by atoms with van der Waals surface area (Å²) in [4.78, 5) is 8.41.